The smallest absolute Gasteiger partial charge is 0.238 e. The summed E-state index contributed by atoms with van der Waals surface area (Å²) in [6.07, 6.45) is 1.18. The number of nitrogens with one attached hydrogen (secondary N) is 1. The highest BCUT2D eigenvalue weighted by Crippen LogP contribution is 2.14. The Labute approximate surface area is 115 Å². The summed E-state index contributed by atoms with van der Waals surface area (Å²) in [7, 11) is -3.56. The van der Waals surface area contributed by atoms with Crippen LogP contribution < -0.4 is 10.5 Å². The van der Waals surface area contributed by atoms with E-state index in [0.717, 1.165) is 0 Å². The fraction of sp³-hybridized carbons (Fsp3) is 0.0909. The van der Waals surface area contributed by atoms with Gasteiger partial charge in [0.05, 0.1) is 5.75 Å². The molecule has 0 fully saturated rings. The predicted molar refractivity (Wildman–Crippen MR) is 74.1 cm³/mol. The number of sulfonamides is 1. The van der Waals surface area contributed by atoms with Crippen LogP contribution in [0.4, 0.5) is 11.5 Å². The maximum atomic E-state index is 11.9. The third-order valence-corrected chi connectivity index (χ3v) is 3.67. The van der Waals surface area contributed by atoms with Crippen LogP contribution in [-0.2, 0) is 15.8 Å². The van der Waals surface area contributed by atoms with Gasteiger partial charge in [-0.3, -0.25) is 4.72 Å². The van der Waals surface area contributed by atoms with Crippen molar-refractivity contribution in [2.45, 2.75) is 5.75 Å². The molecule has 1 heterocycles. The van der Waals surface area contributed by atoms with Crippen molar-refractivity contribution in [3.8, 4) is 0 Å². The molecule has 3 N–H and O–H groups in total. The first-order chi connectivity index (χ1) is 8.94. The molecule has 0 unspecified atom stereocenters. The van der Waals surface area contributed by atoms with E-state index in [4.69, 9.17) is 17.3 Å². The van der Waals surface area contributed by atoms with Gasteiger partial charge < -0.3 is 5.73 Å². The Kier molecular flexibility index (Phi) is 3.87. The number of benzene rings is 1. The lowest BCUT2D eigenvalue weighted by Gasteiger charge is -2.07. The maximum Gasteiger partial charge on any atom is 0.238 e. The molecule has 100 valence electrons. The summed E-state index contributed by atoms with van der Waals surface area (Å²) in [6, 6.07) is 7.93. The number of rotatable bonds is 4. The molecule has 0 saturated heterocycles. The van der Waals surface area contributed by atoms with E-state index in [2.05, 4.69) is 14.7 Å². The molecule has 2 rings (SSSR count). The lowest BCUT2D eigenvalue weighted by molar-refractivity contribution is 0.600. The van der Waals surface area contributed by atoms with Crippen molar-refractivity contribution in [2.24, 2.45) is 0 Å². The first-order valence-electron chi connectivity index (χ1n) is 5.27. The largest absolute Gasteiger partial charge is 0.399 e. The van der Waals surface area contributed by atoms with Gasteiger partial charge >= 0.3 is 0 Å². The molecular formula is C11H11ClN4O2S. The van der Waals surface area contributed by atoms with Gasteiger partial charge in [-0.25, -0.2) is 18.4 Å². The first kappa shape index (κ1) is 13.6. The van der Waals surface area contributed by atoms with E-state index in [1.54, 1.807) is 24.3 Å². The number of anilines is 2. The first-order valence-corrected chi connectivity index (χ1v) is 7.30. The second-order valence-corrected chi connectivity index (χ2v) is 5.94. The Morgan fingerprint density at radius 2 is 1.89 bits per heavy atom. The van der Waals surface area contributed by atoms with Gasteiger partial charge in [0.25, 0.3) is 0 Å². The van der Waals surface area contributed by atoms with E-state index in [9.17, 15) is 8.42 Å². The van der Waals surface area contributed by atoms with Gasteiger partial charge in [-0.2, -0.15) is 0 Å². The summed E-state index contributed by atoms with van der Waals surface area (Å²) < 4.78 is 26.2. The topological polar surface area (TPSA) is 98.0 Å². The molecule has 0 aliphatic heterocycles. The Balaban J connectivity index is 2.13. The zero-order valence-corrected chi connectivity index (χ0v) is 11.3. The van der Waals surface area contributed by atoms with Crippen molar-refractivity contribution in [3.05, 3.63) is 47.4 Å². The molecule has 1 aromatic carbocycles. The van der Waals surface area contributed by atoms with Gasteiger partial charge in [-0.1, -0.05) is 23.7 Å². The lowest BCUT2D eigenvalue weighted by atomic mass is 10.2. The molecule has 2 aromatic rings. The molecular weight excluding hydrogens is 288 g/mol. The molecule has 1 aromatic heterocycles. The van der Waals surface area contributed by atoms with E-state index in [1.807, 2.05) is 0 Å². The van der Waals surface area contributed by atoms with Crippen molar-refractivity contribution in [3.63, 3.8) is 0 Å². The van der Waals surface area contributed by atoms with Gasteiger partial charge in [0.1, 0.15) is 17.3 Å². The third kappa shape index (κ3) is 4.08. The van der Waals surface area contributed by atoms with Crippen molar-refractivity contribution in [1.29, 1.82) is 0 Å². The highest BCUT2D eigenvalue weighted by molar-refractivity contribution is 7.91. The van der Waals surface area contributed by atoms with Crippen LogP contribution in [0.5, 0.6) is 0 Å². The normalized spacial score (nSPS) is 11.2. The quantitative estimate of drug-likeness (QED) is 0.660. The summed E-state index contributed by atoms with van der Waals surface area (Å²) in [5, 5.41) is 0.167. The van der Waals surface area contributed by atoms with Crippen LogP contribution >= 0.6 is 11.6 Å². The summed E-state index contributed by atoms with van der Waals surface area (Å²) in [5.41, 5.74) is 6.74. The summed E-state index contributed by atoms with van der Waals surface area (Å²) in [4.78, 5) is 7.44. The Bertz CT molecular complexity index is 673. The number of halogens is 1. The molecule has 0 radical (unpaired) electrons. The fourth-order valence-electron chi connectivity index (χ4n) is 1.42. The number of hydrogen-bond acceptors (Lipinski definition) is 5. The second kappa shape index (κ2) is 5.41. The van der Waals surface area contributed by atoms with Crippen molar-refractivity contribution >= 4 is 33.1 Å². The molecule has 8 heteroatoms. The minimum Gasteiger partial charge on any atom is -0.399 e. The summed E-state index contributed by atoms with van der Waals surface area (Å²) in [5.74, 6) is -0.0371. The average molecular weight is 299 g/mol. The summed E-state index contributed by atoms with van der Waals surface area (Å²) >= 11 is 5.65. The molecule has 0 saturated carbocycles. The van der Waals surface area contributed by atoms with E-state index < -0.39 is 10.0 Å². The molecule has 0 aliphatic carbocycles. The number of nitrogen functional groups attached to an aromatic ring is 1. The van der Waals surface area contributed by atoms with Crippen molar-refractivity contribution < 1.29 is 8.42 Å². The van der Waals surface area contributed by atoms with Gasteiger partial charge in [0, 0.05) is 11.8 Å². The van der Waals surface area contributed by atoms with Crippen LogP contribution in [0.1, 0.15) is 5.56 Å². The van der Waals surface area contributed by atoms with Gasteiger partial charge in [0.2, 0.25) is 10.0 Å². The van der Waals surface area contributed by atoms with Crippen LogP contribution in [0.15, 0.2) is 36.7 Å². The minimum atomic E-state index is -3.56. The van der Waals surface area contributed by atoms with Crippen molar-refractivity contribution in [2.75, 3.05) is 10.5 Å². The van der Waals surface area contributed by atoms with Crippen LogP contribution in [-0.4, -0.2) is 18.4 Å². The van der Waals surface area contributed by atoms with Crippen LogP contribution in [0, 0.1) is 0 Å². The maximum absolute atomic E-state index is 11.9. The fourth-order valence-corrected chi connectivity index (χ4v) is 2.70. The van der Waals surface area contributed by atoms with E-state index in [0.29, 0.717) is 11.3 Å². The Morgan fingerprint density at radius 1 is 1.21 bits per heavy atom. The zero-order chi connectivity index (χ0) is 13.9. The second-order valence-electron chi connectivity index (χ2n) is 3.83. The van der Waals surface area contributed by atoms with Crippen LogP contribution in [0.3, 0.4) is 0 Å². The minimum absolute atomic E-state index is 0.135. The molecule has 0 spiro atoms. The standard InChI is InChI=1S/C11H11ClN4O2S/c12-10-5-11(15-7-14-10)16-19(17,18)6-8-1-3-9(13)4-2-8/h1-5,7H,6,13H2,(H,14,15,16). The number of hydrogen-bond donors (Lipinski definition) is 2. The van der Waals surface area contributed by atoms with E-state index in [-0.39, 0.29) is 16.7 Å². The predicted octanol–water partition coefficient (Wildman–Crippen LogP) is 1.65. The lowest BCUT2D eigenvalue weighted by Crippen LogP contribution is -2.16. The third-order valence-electron chi connectivity index (χ3n) is 2.23. The molecule has 19 heavy (non-hydrogen) atoms. The van der Waals surface area contributed by atoms with Crippen molar-refractivity contribution in [1.82, 2.24) is 9.97 Å². The SMILES string of the molecule is Nc1ccc(CS(=O)(=O)Nc2cc(Cl)ncn2)cc1. The van der Waals surface area contributed by atoms with E-state index >= 15 is 0 Å². The van der Waals surface area contributed by atoms with Gasteiger partial charge in [-0.05, 0) is 17.7 Å². The number of nitrogens with two attached hydrogens (primary N) is 1. The molecule has 0 bridgehead atoms. The highest BCUT2D eigenvalue weighted by atomic mass is 35.5. The van der Waals surface area contributed by atoms with E-state index in [1.165, 1.54) is 12.4 Å². The molecule has 0 aliphatic rings. The van der Waals surface area contributed by atoms with Gasteiger partial charge in [-0.15, -0.1) is 0 Å². The highest BCUT2D eigenvalue weighted by Gasteiger charge is 2.12. The van der Waals surface area contributed by atoms with Gasteiger partial charge in [0.15, 0.2) is 0 Å². The monoisotopic (exact) mass is 298 g/mol. The Hall–Kier alpha value is -1.86. The Morgan fingerprint density at radius 3 is 2.53 bits per heavy atom. The van der Waals surface area contributed by atoms with Crippen LogP contribution in [0.25, 0.3) is 0 Å². The molecule has 0 amide bonds. The zero-order valence-electron chi connectivity index (χ0n) is 9.75. The van der Waals surface area contributed by atoms with Crippen LogP contribution in [0.2, 0.25) is 5.15 Å². The average Bonchev–Trinajstić information content (AvgIpc) is 2.31. The number of nitrogens with zero attached hydrogens (tertiary/aromatic N) is 2. The molecule has 0 atom stereocenters. The summed E-state index contributed by atoms with van der Waals surface area (Å²) in [6.45, 7) is 0. The number of aromatic nitrogens is 2. The molecule has 6 nitrogen and oxygen atoms in total.